The second-order valence-electron chi connectivity index (χ2n) is 3.66. The number of ether oxygens (including phenoxy) is 1. The molecular weight excluding hydrogens is 208 g/mol. The lowest BCUT2D eigenvalue weighted by Crippen LogP contribution is -2.41. The van der Waals surface area contributed by atoms with E-state index in [4.69, 9.17) is 4.74 Å². The Morgan fingerprint density at radius 2 is 2.00 bits per heavy atom. The van der Waals surface area contributed by atoms with Gasteiger partial charge in [0.25, 0.3) is 0 Å². The van der Waals surface area contributed by atoms with Crippen molar-refractivity contribution in [3.8, 4) is 0 Å². The molecule has 0 rings (SSSR count). The molecule has 0 heterocycles. The maximum Gasteiger partial charge on any atom is 0.322 e. The molecule has 1 atom stereocenters. The summed E-state index contributed by atoms with van der Waals surface area (Å²) in [6, 6.07) is -0.265. The van der Waals surface area contributed by atoms with Gasteiger partial charge in [-0.2, -0.15) is 0 Å². The van der Waals surface area contributed by atoms with Crippen LogP contribution in [0.2, 0.25) is 0 Å². The highest BCUT2D eigenvalue weighted by atomic mass is 16.5. The quantitative estimate of drug-likeness (QED) is 0.469. The summed E-state index contributed by atoms with van der Waals surface area (Å²) in [6.45, 7) is 4.64. The molecule has 0 saturated heterocycles. The number of rotatable bonds is 8. The predicted octanol–water partition coefficient (Wildman–Crippen LogP) is 0.444. The van der Waals surface area contributed by atoms with E-state index in [1.807, 2.05) is 0 Å². The van der Waals surface area contributed by atoms with Crippen LogP contribution >= 0.6 is 0 Å². The van der Waals surface area contributed by atoms with Crippen molar-refractivity contribution in [3.05, 3.63) is 0 Å². The molecule has 0 spiro atoms. The van der Waals surface area contributed by atoms with E-state index in [1.54, 1.807) is 0 Å². The van der Waals surface area contributed by atoms with Crippen LogP contribution in [0.1, 0.15) is 33.1 Å². The lowest BCUT2D eigenvalue weighted by atomic mass is 10.1. The van der Waals surface area contributed by atoms with Crippen molar-refractivity contribution in [2.24, 2.45) is 0 Å². The fourth-order valence-electron chi connectivity index (χ4n) is 1.34. The SMILES string of the molecule is CCCCC(NCCNC(C)=O)C(=O)OC. The van der Waals surface area contributed by atoms with Crippen LogP contribution in [-0.2, 0) is 14.3 Å². The third kappa shape index (κ3) is 7.23. The molecule has 0 aliphatic heterocycles. The largest absolute Gasteiger partial charge is 0.468 e. The van der Waals surface area contributed by atoms with Crippen LogP contribution in [0, 0.1) is 0 Å². The van der Waals surface area contributed by atoms with E-state index in [0.717, 1.165) is 19.3 Å². The molecule has 1 amide bonds. The molecule has 0 bridgehead atoms. The van der Waals surface area contributed by atoms with Gasteiger partial charge in [-0.25, -0.2) is 0 Å². The highest BCUT2D eigenvalue weighted by molar-refractivity contribution is 5.75. The Hall–Kier alpha value is -1.10. The maximum absolute atomic E-state index is 11.4. The first kappa shape index (κ1) is 14.9. The van der Waals surface area contributed by atoms with E-state index in [0.29, 0.717) is 13.1 Å². The summed E-state index contributed by atoms with van der Waals surface area (Å²) in [5.74, 6) is -0.304. The number of unbranched alkanes of at least 4 members (excludes halogenated alkanes) is 1. The lowest BCUT2D eigenvalue weighted by Gasteiger charge is -2.16. The van der Waals surface area contributed by atoms with E-state index < -0.39 is 0 Å². The number of carbonyl (C=O) groups excluding carboxylic acids is 2. The molecule has 0 saturated carbocycles. The first-order valence-electron chi connectivity index (χ1n) is 5.67. The molecule has 0 aromatic carbocycles. The van der Waals surface area contributed by atoms with Crippen molar-refractivity contribution in [3.63, 3.8) is 0 Å². The van der Waals surface area contributed by atoms with Crippen molar-refractivity contribution < 1.29 is 14.3 Å². The van der Waals surface area contributed by atoms with Crippen molar-refractivity contribution in [1.82, 2.24) is 10.6 Å². The molecule has 16 heavy (non-hydrogen) atoms. The summed E-state index contributed by atoms with van der Waals surface area (Å²) in [7, 11) is 1.39. The van der Waals surface area contributed by atoms with E-state index in [1.165, 1.54) is 14.0 Å². The number of esters is 1. The molecule has 94 valence electrons. The molecule has 2 N–H and O–H groups in total. The fraction of sp³-hybridized carbons (Fsp3) is 0.818. The Morgan fingerprint density at radius 3 is 2.50 bits per heavy atom. The van der Waals surface area contributed by atoms with Gasteiger partial charge in [-0.15, -0.1) is 0 Å². The number of nitrogens with one attached hydrogen (secondary N) is 2. The van der Waals surface area contributed by atoms with Gasteiger partial charge >= 0.3 is 5.97 Å². The molecule has 0 aromatic heterocycles. The van der Waals surface area contributed by atoms with E-state index in [-0.39, 0.29) is 17.9 Å². The monoisotopic (exact) mass is 230 g/mol. The third-order valence-electron chi connectivity index (χ3n) is 2.22. The van der Waals surface area contributed by atoms with Gasteiger partial charge in [0, 0.05) is 20.0 Å². The zero-order chi connectivity index (χ0) is 12.4. The maximum atomic E-state index is 11.4. The highest BCUT2D eigenvalue weighted by Crippen LogP contribution is 2.01. The van der Waals surface area contributed by atoms with Crippen LogP contribution in [0.25, 0.3) is 0 Å². The summed E-state index contributed by atoms with van der Waals surface area (Å²) < 4.78 is 4.70. The van der Waals surface area contributed by atoms with Gasteiger partial charge in [0.1, 0.15) is 6.04 Å². The Bertz CT molecular complexity index is 219. The Balaban J connectivity index is 3.82. The molecular formula is C11H22N2O3. The van der Waals surface area contributed by atoms with E-state index in [9.17, 15) is 9.59 Å². The minimum Gasteiger partial charge on any atom is -0.468 e. The minimum absolute atomic E-state index is 0.0648. The summed E-state index contributed by atoms with van der Waals surface area (Å²) in [5, 5.41) is 5.73. The van der Waals surface area contributed by atoms with Crippen LogP contribution in [0.3, 0.4) is 0 Å². The molecule has 0 fully saturated rings. The minimum atomic E-state index is -0.265. The second-order valence-corrected chi connectivity index (χ2v) is 3.66. The smallest absolute Gasteiger partial charge is 0.322 e. The molecule has 0 aliphatic carbocycles. The third-order valence-corrected chi connectivity index (χ3v) is 2.22. The Kier molecular flexibility index (Phi) is 8.52. The van der Waals surface area contributed by atoms with E-state index in [2.05, 4.69) is 17.6 Å². The zero-order valence-electron chi connectivity index (χ0n) is 10.3. The molecule has 0 aromatic rings. The first-order chi connectivity index (χ1) is 7.61. The summed E-state index contributed by atoms with van der Waals surface area (Å²) in [6.07, 6.45) is 2.79. The Labute approximate surface area is 96.9 Å². The highest BCUT2D eigenvalue weighted by Gasteiger charge is 2.16. The summed E-state index contributed by atoms with van der Waals surface area (Å²) in [5.41, 5.74) is 0. The van der Waals surface area contributed by atoms with Crippen molar-refractivity contribution in [1.29, 1.82) is 0 Å². The average molecular weight is 230 g/mol. The first-order valence-corrected chi connectivity index (χ1v) is 5.67. The van der Waals surface area contributed by atoms with Gasteiger partial charge in [-0.3, -0.25) is 9.59 Å². The number of amides is 1. The van der Waals surface area contributed by atoms with Gasteiger partial charge in [-0.1, -0.05) is 19.8 Å². The van der Waals surface area contributed by atoms with Crippen molar-refractivity contribution in [2.45, 2.75) is 39.2 Å². The lowest BCUT2D eigenvalue weighted by molar-refractivity contribution is -0.143. The normalized spacial score (nSPS) is 11.9. The second kappa shape index (κ2) is 9.15. The molecule has 0 aliphatic rings. The van der Waals surface area contributed by atoms with Gasteiger partial charge in [-0.05, 0) is 6.42 Å². The van der Waals surface area contributed by atoms with E-state index >= 15 is 0 Å². The van der Waals surface area contributed by atoms with Gasteiger partial charge in [0.15, 0.2) is 0 Å². The summed E-state index contributed by atoms with van der Waals surface area (Å²) >= 11 is 0. The average Bonchev–Trinajstić information content (AvgIpc) is 2.26. The standard InChI is InChI=1S/C11H22N2O3/c1-4-5-6-10(11(15)16-3)13-8-7-12-9(2)14/h10,13H,4-8H2,1-3H3,(H,12,14). The van der Waals surface area contributed by atoms with Crippen LogP contribution < -0.4 is 10.6 Å². The van der Waals surface area contributed by atoms with Gasteiger partial charge in [0.2, 0.25) is 5.91 Å². The number of hydrogen-bond acceptors (Lipinski definition) is 4. The molecule has 5 heteroatoms. The van der Waals surface area contributed by atoms with Crippen LogP contribution in [-0.4, -0.2) is 38.1 Å². The predicted molar refractivity (Wildman–Crippen MR) is 62.0 cm³/mol. The zero-order valence-corrected chi connectivity index (χ0v) is 10.3. The topological polar surface area (TPSA) is 67.4 Å². The number of methoxy groups -OCH3 is 1. The summed E-state index contributed by atoms with van der Waals surface area (Å²) in [4.78, 5) is 22.0. The van der Waals surface area contributed by atoms with Crippen LogP contribution in [0.15, 0.2) is 0 Å². The Morgan fingerprint density at radius 1 is 1.31 bits per heavy atom. The van der Waals surface area contributed by atoms with Crippen LogP contribution in [0.4, 0.5) is 0 Å². The number of hydrogen-bond donors (Lipinski definition) is 2. The van der Waals surface area contributed by atoms with Crippen LogP contribution in [0.5, 0.6) is 0 Å². The molecule has 0 radical (unpaired) electrons. The molecule has 5 nitrogen and oxygen atoms in total. The van der Waals surface area contributed by atoms with Crippen molar-refractivity contribution >= 4 is 11.9 Å². The van der Waals surface area contributed by atoms with Gasteiger partial charge < -0.3 is 15.4 Å². The van der Waals surface area contributed by atoms with Gasteiger partial charge in [0.05, 0.1) is 7.11 Å². The number of carbonyl (C=O) groups is 2. The fourth-order valence-corrected chi connectivity index (χ4v) is 1.34. The molecule has 1 unspecified atom stereocenters. The van der Waals surface area contributed by atoms with Crippen molar-refractivity contribution in [2.75, 3.05) is 20.2 Å².